The van der Waals surface area contributed by atoms with Gasteiger partial charge in [-0.05, 0) is 24.7 Å². The lowest BCUT2D eigenvalue weighted by Gasteiger charge is -2.26. The van der Waals surface area contributed by atoms with E-state index >= 15 is 0 Å². The van der Waals surface area contributed by atoms with Crippen molar-refractivity contribution < 1.29 is 43.8 Å². The van der Waals surface area contributed by atoms with Crippen molar-refractivity contribution in [2.75, 3.05) is 6.61 Å². The Hall–Kier alpha value is -3.59. The maximum Gasteiger partial charge on any atom is 0.305 e. The number of carbonyl (C=O) groups is 7. The molecule has 0 aromatic heterocycles. The summed E-state index contributed by atoms with van der Waals surface area (Å²) in [5.74, 6) is -5.76. The molecule has 0 saturated heterocycles. The standard InChI is InChI=1S/C24H42N6O9/c1-5-13(4)20(26)24(39)30-17(11-32)23(38)28-15(6-7-18(25)33)21(36)29-16(8-12(2)3)22(37)27-14(10-31)9-19(34)35/h10,12-17,20,32H,5-9,11,26H2,1-4H3,(H2,25,33)(H,27,37)(H,28,38)(H,29,36)(H,30,39)(H,34,35)/t13-,14-,15-,16-,17-,20-/m0/s1. The van der Waals surface area contributed by atoms with Crippen molar-refractivity contribution in [3.63, 3.8) is 0 Å². The number of carbonyl (C=O) groups excluding carboxylic acids is 6. The third-order valence-corrected chi connectivity index (χ3v) is 5.91. The molecule has 5 amide bonds. The highest BCUT2D eigenvalue weighted by Gasteiger charge is 2.32. The Labute approximate surface area is 227 Å². The summed E-state index contributed by atoms with van der Waals surface area (Å²) in [7, 11) is 0. The average Bonchev–Trinajstić information content (AvgIpc) is 2.86. The summed E-state index contributed by atoms with van der Waals surface area (Å²) in [6.07, 6.45) is -0.307. The highest BCUT2D eigenvalue weighted by molar-refractivity contribution is 5.95. The number of carboxylic acids is 1. The fraction of sp³-hybridized carbons (Fsp3) is 0.708. The number of hydrogen-bond donors (Lipinski definition) is 8. The molecule has 0 aliphatic carbocycles. The minimum absolute atomic E-state index is 0.0928. The first kappa shape index (κ1) is 35.4. The normalized spacial score (nSPS) is 15.6. The second kappa shape index (κ2) is 17.8. The molecule has 6 atom stereocenters. The zero-order valence-electron chi connectivity index (χ0n) is 22.8. The van der Waals surface area contributed by atoms with Crippen LogP contribution >= 0.6 is 0 Å². The Bertz CT molecular complexity index is 882. The maximum absolute atomic E-state index is 13.1. The summed E-state index contributed by atoms with van der Waals surface area (Å²) >= 11 is 0. The van der Waals surface area contributed by atoms with Crippen LogP contribution in [-0.4, -0.2) is 88.8 Å². The van der Waals surface area contributed by atoms with Gasteiger partial charge in [-0.25, -0.2) is 0 Å². The van der Waals surface area contributed by atoms with Gasteiger partial charge in [0, 0.05) is 6.42 Å². The van der Waals surface area contributed by atoms with Crippen molar-refractivity contribution in [3.8, 4) is 0 Å². The first-order chi connectivity index (χ1) is 18.2. The number of aliphatic hydroxyl groups excluding tert-OH is 1. The molecule has 222 valence electrons. The van der Waals surface area contributed by atoms with Gasteiger partial charge in [0.05, 0.1) is 25.1 Å². The van der Waals surface area contributed by atoms with E-state index in [1.54, 1.807) is 20.8 Å². The minimum atomic E-state index is -1.46. The zero-order valence-corrected chi connectivity index (χ0v) is 22.8. The van der Waals surface area contributed by atoms with Crippen LogP contribution in [0.3, 0.4) is 0 Å². The van der Waals surface area contributed by atoms with Gasteiger partial charge in [0.1, 0.15) is 24.4 Å². The molecule has 0 spiro atoms. The number of nitrogens with two attached hydrogens (primary N) is 2. The smallest absolute Gasteiger partial charge is 0.305 e. The second-order valence-corrected chi connectivity index (χ2v) is 9.76. The van der Waals surface area contributed by atoms with Gasteiger partial charge in [0.25, 0.3) is 0 Å². The molecule has 0 aromatic carbocycles. The van der Waals surface area contributed by atoms with E-state index in [4.69, 9.17) is 16.6 Å². The summed E-state index contributed by atoms with van der Waals surface area (Å²) in [4.78, 5) is 84.5. The number of nitrogens with one attached hydrogen (secondary N) is 4. The molecule has 39 heavy (non-hydrogen) atoms. The third-order valence-electron chi connectivity index (χ3n) is 5.91. The summed E-state index contributed by atoms with van der Waals surface area (Å²) in [5, 5.41) is 27.9. The van der Waals surface area contributed by atoms with E-state index in [-0.39, 0.29) is 37.4 Å². The predicted octanol–water partition coefficient (Wildman–Crippen LogP) is -2.72. The van der Waals surface area contributed by atoms with Crippen LogP contribution in [0.2, 0.25) is 0 Å². The molecule has 0 aromatic rings. The van der Waals surface area contributed by atoms with Gasteiger partial charge in [-0.15, -0.1) is 0 Å². The lowest BCUT2D eigenvalue weighted by atomic mass is 9.99. The van der Waals surface area contributed by atoms with E-state index in [0.29, 0.717) is 6.42 Å². The van der Waals surface area contributed by atoms with Gasteiger partial charge in [-0.2, -0.15) is 0 Å². The number of rotatable bonds is 19. The lowest BCUT2D eigenvalue weighted by molar-refractivity contribution is -0.139. The van der Waals surface area contributed by atoms with E-state index < -0.39 is 78.7 Å². The number of amides is 5. The van der Waals surface area contributed by atoms with Crippen LogP contribution in [0.25, 0.3) is 0 Å². The molecule has 10 N–H and O–H groups in total. The molecule has 0 radical (unpaired) electrons. The monoisotopic (exact) mass is 558 g/mol. The van der Waals surface area contributed by atoms with Crippen LogP contribution < -0.4 is 32.7 Å². The van der Waals surface area contributed by atoms with E-state index in [9.17, 15) is 38.7 Å². The van der Waals surface area contributed by atoms with Gasteiger partial charge in [0.15, 0.2) is 0 Å². The van der Waals surface area contributed by atoms with Crippen molar-refractivity contribution in [2.24, 2.45) is 23.3 Å². The Morgan fingerprint density at radius 2 is 1.36 bits per heavy atom. The first-order valence-corrected chi connectivity index (χ1v) is 12.7. The van der Waals surface area contributed by atoms with E-state index in [1.807, 2.05) is 6.92 Å². The van der Waals surface area contributed by atoms with Gasteiger partial charge in [0.2, 0.25) is 29.5 Å². The van der Waals surface area contributed by atoms with Crippen molar-refractivity contribution in [2.45, 2.75) is 90.0 Å². The number of primary amides is 1. The Balaban J connectivity index is 5.71. The molecule has 0 unspecified atom stereocenters. The molecule has 0 heterocycles. The number of aliphatic carboxylic acids is 1. The highest BCUT2D eigenvalue weighted by atomic mass is 16.4. The average molecular weight is 559 g/mol. The fourth-order valence-electron chi connectivity index (χ4n) is 3.38. The van der Waals surface area contributed by atoms with Crippen molar-refractivity contribution in [3.05, 3.63) is 0 Å². The number of aliphatic hydroxyl groups is 1. The maximum atomic E-state index is 13.1. The van der Waals surface area contributed by atoms with E-state index in [0.717, 1.165) is 0 Å². The van der Waals surface area contributed by atoms with Crippen LogP contribution in [0.1, 0.15) is 59.8 Å². The van der Waals surface area contributed by atoms with Gasteiger partial charge < -0.3 is 47.7 Å². The summed E-state index contributed by atoms with van der Waals surface area (Å²) in [6, 6.07) is -6.36. The minimum Gasteiger partial charge on any atom is -0.481 e. The van der Waals surface area contributed by atoms with Crippen LogP contribution in [-0.2, 0) is 33.6 Å². The third kappa shape index (κ3) is 13.7. The molecule has 15 heteroatoms. The Kier molecular flexibility index (Phi) is 16.2. The predicted molar refractivity (Wildman–Crippen MR) is 138 cm³/mol. The number of carboxylic acid groups (broad SMARTS) is 1. The summed E-state index contributed by atoms with van der Waals surface area (Å²) in [5.41, 5.74) is 11.0. The quantitative estimate of drug-likeness (QED) is 0.0759. The molecule has 0 rings (SSSR count). The molecule has 0 aliphatic rings. The van der Waals surface area contributed by atoms with Crippen LogP contribution in [0.15, 0.2) is 0 Å². The largest absolute Gasteiger partial charge is 0.481 e. The van der Waals surface area contributed by atoms with Crippen molar-refractivity contribution in [1.29, 1.82) is 0 Å². The molecule has 15 nitrogen and oxygen atoms in total. The topological polar surface area (TPSA) is 260 Å². The SMILES string of the molecule is CC[C@H](C)[C@H](N)C(=O)N[C@@H](CO)C(=O)N[C@@H](CCC(N)=O)C(=O)N[C@@H](CC(C)C)C(=O)N[C@H](C=O)CC(=O)O. The first-order valence-electron chi connectivity index (χ1n) is 12.7. The Morgan fingerprint density at radius 3 is 1.82 bits per heavy atom. The van der Waals surface area contributed by atoms with E-state index in [1.165, 1.54) is 0 Å². The molecule has 0 aliphatic heterocycles. The fourth-order valence-corrected chi connectivity index (χ4v) is 3.38. The van der Waals surface area contributed by atoms with Crippen LogP contribution in [0.4, 0.5) is 0 Å². The Morgan fingerprint density at radius 1 is 0.846 bits per heavy atom. The second-order valence-electron chi connectivity index (χ2n) is 9.76. The number of aldehydes is 1. The van der Waals surface area contributed by atoms with Gasteiger partial charge >= 0.3 is 5.97 Å². The molecular weight excluding hydrogens is 516 g/mol. The zero-order chi connectivity index (χ0) is 30.3. The van der Waals surface area contributed by atoms with Crippen molar-refractivity contribution in [1.82, 2.24) is 21.3 Å². The highest BCUT2D eigenvalue weighted by Crippen LogP contribution is 2.09. The lowest BCUT2D eigenvalue weighted by Crippen LogP contribution is -2.59. The van der Waals surface area contributed by atoms with Gasteiger partial charge in [-0.3, -0.25) is 28.8 Å². The van der Waals surface area contributed by atoms with Crippen LogP contribution in [0.5, 0.6) is 0 Å². The molecule has 0 bridgehead atoms. The molecule has 0 saturated carbocycles. The van der Waals surface area contributed by atoms with Crippen LogP contribution in [0, 0.1) is 11.8 Å². The van der Waals surface area contributed by atoms with Gasteiger partial charge in [-0.1, -0.05) is 34.1 Å². The van der Waals surface area contributed by atoms with E-state index in [2.05, 4.69) is 21.3 Å². The summed E-state index contributed by atoms with van der Waals surface area (Å²) < 4.78 is 0. The van der Waals surface area contributed by atoms with Crippen molar-refractivity contribution >= 4 is 41.8 Å². The number of hydrogen-bond acceptors (Lipinski definition) is 9. The molecule has 0 fully saturated rings. The summed E-state index contributed by atoms with van der Waals surface area (Å²) in [6.45, 7) is 6.26. The molecular formula is C24H42N6O9.